The largest absolute Gasteiger partial charge is 0.444 e. The van der Waals surface area contributed by atoms with Gasteiger partial charge in [-0.1, -0.05) is 11.6 Å². The predicted octanol–water partition coefficient (Wildman–Crippen LogP) is 2.58. The van der Waals surface area contributed by atoms with Gasteiger partial charge >= 0.3 is 6.09 Å². The lowest BCUT2D eigenvalue weighted by Crippen LogP contribution is -2.39. The molecule has 0 aliphatic carbocycles. The molecule has 7 heteroatoms. The first kappa shape index (κ1) is 15.8. The van der Waals surface area contributed by atoms with E-state index < -0.39 is 5.60 Å². The summed E-state index contributed by atoms with van der Waals surface area (Å²) in [7, 11) is 0. The Morgan fingerprint density at radius 1 is 1.19 bits per heavy atom. The van der Waals surface area contributed by atoms with Gasteiger partial charge in [0.05, 0.1) is 0 Å². The predicted molar refractivity (Wildman–Crippen MR) is 81.7 cm³/mol. The molecule has 0 radical (unpaired) electrons. The number of amides is 1. The van der Waals surface area contributed by atoms with Crippen LogP contribution in [0.4, 0.5) is 10.6 Å². The van der Waals surface area contributed by atoms with Crippen LogP contribution in [0.15, 0.2) is 12.1 Å². The summed E-state index contributed by atoms with van der Waals surface area (Å²) in [6, 6.07) is 3.57. The highest BCUT2D eigenvalue weighted by molar-refractivity contribution is 6.29. The zero-order chi connectivity index (χ0) is 15.5. The third-order valence-corrected chi connectivity index (χ3v) is 3.29. The van der Waals surface area contributed by atoms with Gasteiger partial charge in [-0.15, -0.1) is 10.2 Å². The molecule has 0 atom stereocenters. The van der Waals surface area contributed by atoms with Crippen molar-refractivity contribution in [1.82, 2.24) is 15.1 Å². The molecule has 1 fully saturated rings. The average Bonchev–Trinajstić information content (AvgIpc) is 2.63. The first-order valence-electron chi connectivity index (χ1n) is 7.07. The Bertz CT molecular complexity index is 487. The van der Waals surface area contributed by atoms with Crippen LogP contribution in [0.1, 0.15) is 27.2 Å². The van der Waals surface area contributed by atoms with Gasteiger partial charge in [-0.25, -0.2) is 4.79 Å². The van der Waals surface area contributed by atoms with Crippen LogP contribution in [0.5, 0.6) is 0 Å². The van der Waals surface area contributed by atoms with Crippen LogP contribution in [0.25, 0.3) is 0 Å². The number of carbonyl (C=O) groups excluding carboxylic acids is 1. The summed E-state index contributed by atoms with van der Waals surface area (Å²) in [5.41, 5.74) is -0.468. The molecule has 2 rings (SSSR count). The summed E-state index contributed by atoms with van der Waals surface area (Å²) in [6.45, 7) is 8.45. The Morgan fingerprint density at radius 2 is 1.95 bits per heavy atom. The molecule has 1 amide bonds. The third-order valence-electron chi connectivity index (χ3n) is 3.09. The van der Waals surface area contributed by atoms with Gasteiger partial charge in [0.15, 0.2) is 11.0 Å². The lowest BCUT2D eigenvalue weighted by molar-refractivity contribution is 0.0263. The fourth-order valence-corrected chi connectivity index (χ4v) is 2.23. The molecule has 0 saturated carbocycles. The van der Waals surface area contributed by atoms with Gasteiger partial charge in [0.2, 0.25) is 0 Å². The van der Waals surface area contributed by atoms with E-state index in [1.807, 2.05) is 26.8 Å². The van der Waals surface area contributed by atoms with Gasteiger partial charge in [-0.2, -0.15) is 0 Å². The van der Waals surface area contributed by atoms with Gasteiger partial charge < -0.3 is 14.5 Å². The number of anilines is 1. The first-order chi connectivity index (χ1) is 9.85. The van der Waals surface area contributed by atoms with Crippen molar-refractivity contribution in [3.05, 3.63) is 17.3 Å². The normalized spacial score (nSPS) is 16.6. The Morgan fingerprint density at radius 3 is 2.57 bits per heavy atom. The van der Waals surface area contributed by atoms with Gasteiger partial charge in [0.25, 0.3) is 0 Å². The number of carbonyl (C=O) groups is 1. The van der Waals surface area contributed by atoms with Crippen molar-refractivity contribution in [2.75, 3.05) is 31.1 Å². The number of ether oxygens (including phenoxy) is 1. The van der Waals surface area contributed by atoms with E-state index in [1.54, 1.807) is 11.0 Å². The van der Waals surface area contributed by atoms with E-state index in [0.717, 1.165) is 18.8 Å². The van der Waals surface area contributed by atoms with Crippen molar-refractivity contribution in [3.63, 3.8) is 0 Å². The van der Waals surface area contributed by atoms with E-state index in [0.29, 0.717) is 24.8 Å². The van der Waals surface area contributed by atoms with Crippen molar-refractivity contribution < 1.29 is 9.53 Å². The summed E-state index contributed by atoms with van der Waals surface area (Å²) in [6.07, 6.45) is 0.607. The summed E-state index contributed by atoms with van der Waals surface area (Å²) < 4.78 is 5.41. The van der Waals surface area contributed by atoms with Crippen LogP contribution >= 0.6 is 11.6 Å². The highest BCUT2D eigenvalue weighted by Crippen LogP contribution is 2.16. The van der Waals surface area contributed by atoms with Crippen molar-refractivity contribution in [1.29, 1.82) is 0 Å². The number of aromatic nitrogens is 2. The smallest absolute Gasteiger partial charge is 0.410 e. The van der Waals surface area contributed by atoms with Crippen LogP contribution in [-0.4, -0.2) is 53.0 Å². The maximum absolute atomic E-state index is 12.1. The number of hydrogen-bond donors (Lipinski definition) is 0. The van der Waals surface area contributed by atoms with Crippen LogP contribution in [-0.2, 0) is 4.74 Å². The van der Waals surface area contributed by atoms with Crippen LogP contribution in [0.2, 0.25) is 5.15 Å². The van der Waals surface area contributed by atoms with Crippen molar-refractivity contribution in [3.8, 4) is 0 Å². The molecule has 1 aromatic rings. The Kier molecular flexibility index (Phi) is 4.88. The molecule has 0 bridgehead atoms. The molecule has 0 spiro atoms. The van der Waals surface area contributed by atoms with E-state index in [1.165, 1.54) is 0 Å². The Labute approximate surface area is 130 Å². The molecule has 0 unspecified atom stereocenters. The molecule has 0 N–H and O–H groups in total. The lowest BCUT2D eigenvalue weighted by Gasteiger charge is -2.26. The molecule has 1 aromatic heterocycles. The summed E-state index contributed by atoms with van der Waals surface area (Å²) in [5, 5.41) is 8.32. The summed E-state index contributed by atoms with van der Waals surface area (Å²) in [5.74, 6) is 0.783. The molecule has 0 aromatic carbocycles. The molecule has 2 heterocycles. The Balaban J connectivity index is 1.95. The van der Waals surface area contributed by atoms with E-state index in [-0.39, 0.29) is 6.09 Å². The minimum absolute atomic E-state index is 0.258. The van der Waals surface area contributed by atoms with E-state index >= 15 is 0 Å². The van der Waals surface area contributed by atoms with Crippen molar-refractivity contribution in [2.45, 2.75) is 32.8 Å². The molecule has 1 saturated heterocycles. The number of nitrogens with zero attached hydrogens (tertiary/aromatic N) is 4. The SMILES string of the molecule is CC(C)(C)OC(=O)N1CCCN(c2ccc(Cl)nn2)CC1. The van der Waals surface area contributed by atoms with E-state index in [2.05, 4.69) is 15.1 Å². The number of rotatable bonds is 1. The standard InChI is InChI=1S/C14H21ClN4O2/c1-14(2,3)21-13(20)19-8-4-7-18(9-10-19)12-6-5-11(15)16-17-12/h5-6H,4,7-10H2,1-3H3. The molecule has 1 aliphatic rings. The van der Waals surface area contributed by atoms with Gasteiger partial charge in [-0.3, -0.25) is 0 Å². The maximum atomic E-state index is 12.1. The third kappa shape index (κ3) is 4.74. The second kappa shape index (κ2) is 6.47. The monoisotopic (exact) mass is 312 g/mol. The topological polar surface area (TPSA) is 58.6 Å². The van der Waals surface area contributed by atoms with Gasteiger partial charge in [0, 0.05) is 26.2 Å². The fraction of sp³-hybridized carbons (Fsp3) is 0.643. The van der Waals surface area contributed by atoms with Crippen molar-refractivity contribution >= 4 is 23.5 Å². The molecular formula is C14H21ClN4O2. The highest BCUT2D eigenvalue weighted by atomic mass is 35.5. The summed E-state index contributed by atoms with van der Waals surface area (Å²) >= 11 is 5.75. The number of hydrogen-bond acceptors (Lipinski definition) is 5. The second-order valence-corrected chi connectivity index (χ2v) is 6.41. The molecule has 21 heavy (non-hydrogen) atoms. The fourth-order valence-electron chi connectivity index (χ4n) is 2.13. The Hall–Kier alpha value is -1.56. The van der Waals surface area contributed by atoms with Gasteiger partial charge in [0.1, 0.15) is 5.60 Å². The van der Waals surface area contributed by atoms with Crippen LogP contribution in [0.3, 0.4) is 0 Å². The lowest BCUT2D eigenvalue weighted by atomic mass is 10.2. The molecule has 6 nitrogen and oxygen atoms in total. The highest BCUT2D eigenvalue weighted by Gasteiger charge is 2.24. The molecular weight excluding hydrogens is 292 g/mol. The summed E-state index contributed by atoms with van der Waals surface area (Å²) in [4.78, 5) is 15.9. The second-order valence-electron chi connectivity index (χ2n) is 6.02. The number of halogens is 1. The molecule has 116 valence electrons. The van der Waals surface area contributed by atoms with Crippen LogP contribution in [0, 0.1) is 0 Å². The zero-order valence-corrected chi connectivity index (χ0v) is 13.4. The van der Waals surface area contributed by atoms with E-state index in [4.69, 9.17) is 16.3 Å². The minimum Gasteiger partial charge on any atom is -0.444 e. The van der Waals surface area contributed by atoms with Crippen LogP contribution < -0.4 is 4.90 Å². The van der Waals surface area contributed by atoms with Gasteiger partial charge in [-0.05, 0) is 39.3 Å². The first-order valence-corrected chi connectivity index (χ1v) is 7.45. The quantitative estimate of drug-likeness (QED) is 0.797. The van der Waals surface area contributed by atoms with E-state index in [9.17, 15) is 4.79 Å². The molecule has 1 aliphatic heterocycles. The zero-order valence-electron chi connectivity index (χ0n) is 12.7. The minimum atomic E-state index is -0.468. The van der Waals surface area contributed by atoms with Crippen molar-refractivity contribution in [2.24, 2.45) is 0 Å². The average molecular weight is 313 g/mol. The maximum Gasteiger partial charge on any atom is 0.410 e.